The van der Waals surface area contributed by atoms with Gasteiger partial charge in [-0.3, -0.25) is 0 Å². The topological polar surface area (TPSA) is 61.5 Å². The molecule has 0 aliphatic carbocycles. The van der Waals surface area contributed by atoms with E-state index in [2.05, 4.69) is 10.7 Å². The Balaban J connectivity index is 2.95. The van der Waals surface area contributed by atoms with Crippen LogP contribution in [0.4, 0.5) is 5.69 Å². The number of carbonyl (C=O) groups excluding carboxylic acids is 1. The molecule has 2 N–H and O–H groups in total. The molecule has 15 heavy (non-hydrogen) atoms. The van der Waals surface area contributed by atoms with Crippen LogP contribution in [0.1, 0.15) is 10.4 Å². The Bertz CT molecular complexity index is 407. The Labute approximate surface area is 88.0 Å². The summed E-state index contributed by atoms with van der Waals surface area (Å²) in [5, 5.41) is 0. The standard InChI is InChI=1S/C11H11NO3/c1-3-4-15-10-6-8(11(13)14-2)5-9(12)7-10/h1,5-7H,4,12H2,2H3. The average Bonchev–Trinajstić information content (AvgIpc) is 2.24. The van der Waals surface area contributed by atoms with Crippen molar-refractivity contribution >= 4 is 11.7 Å². The molecule has 0 spiro atoms. The molecule has 0 radical (unpaired) electrons. The number of carbonyl (C=O) groups is 1. The summed E-state index contributed by atoms with van der Waals surface area (Å²) in [6, 6.07) is 4.62. The van der Waals surface area contributed by atoms with E-state index in [1.54, 1.807) is 6.07 Å². The van der Waals surface area contributed by atoms with Crippen molar-refractivity contribution in [3.05, 3.63) is 23.8 Å². The number of anilines is 1. The van der Waals surface area contributed by atoms with E-state index in [0.717, 1.165) is 0 Å². The van der Waals surface area contributed by atoms with Crippen molar-refractivity contribution in [1.82, 2.24) is 0 Å². The normalized spacial score (nSPS) is 9.07. The second-order valence-electron chi connectivity index (χ2n) is 2.78. The van der Waals surface area contributed by atoms with Gasteiger partial charge in [0.1, 0.15) is 12.4 Å². The number of hydrogen-bond acceptors (Lipinski definition) is 4. The van der Waals surface area contributed by atoms with Gasteiger partial charge in [0.05, 0.1) is 12.7 Å². The van der Waals surface area contributed by atoms with Crippen LogP contribution in [-0.4, -0.2) is 19.7 Å². The van der Waals surface area contributed by atoms with Gasteiger partial charge >= 0.3 is 5.97 Å². The Morgan fingerprint density at radius 1 is 1.53 bits per heavy atom. The van der Waals surface area contributed by atoms with E-state index in [9.17, 15) is 4.79 Å². The van der Waals surface area contributed by atoms with Crippen LogP contribution < -0.4 is 10.5 Å². The first-order valence-corrected chi connectivity index (χ1v) is 4.22. The fourth-order valence-corrected chi connectivity index (χ4v) is 1.07. The molecule has 1 aromatic carbocycles. The number of benzene rings is 1. The molecule has 1 aromatic rings. The van der Waals surface area contributed by atoms with E-state index >= 15 is 0 Å². The fraction of sp³-hybridized carbons (Fsp3) is 0.182. The molecule has 0 heterocycles. The number of nitrogen functional groups attached to an aromatic ring is 1. The van der Waals surface area contributed by atoms with Crippen LogP contribution in [0.5, 0.6) is 5.75 Å². The molecule has 0 aliphatic heterocycles. The minimum absolute atomic E-state index is 0.129. The summed E-state index contributed by atoms with van der Waals surface area (Å²) in [5.41, 5.74) is 6.34. The monoisotopic (exact) mass is 205 g/mol. The molecular formula is C11H11NO3. The van der Waals surface area contributed by atoms with Gasteiger partial charge in [-0.15, -0.1) is 6.42 Å². The van der Waals surface area contributed by atoms with Crippen LogP contribution in [0.25, 0.3) is 0 Å². The molecule has 0 amide bonds. The minimum atomic E-state index is -0.465. The highest BCUT2D eigenvalue weighted by atomic mass is 16.5. The third-order valence-corrected chi connectivity index (χ3v) is 1.67. The lowest BCUT2D eigenvalue weighted by Crippen LogP contribution is -2.03. The van der Waals surface area contributed by atoms with Crippen molar-refractivity contribution in [1.29, 1.82) is 0 Å². The number of nitrogens with two attached hydrogens (primary N) is 1. The number of ether oxygens (including phenoxy) is 2. The van der Waals surface area contributed by atoms with E-state index in [1.165, 1.54) is 19.2 Å². The molecule has 0 saturated heterocycles. The van der Waals surface area contributed by atoms with Crippen LogP contribution in [0.3, 0.4) is 0 Å². The van der Waals surface area contributed by atoms with Gasteiger partial charge in [0.15, 0.2) is 0 Å². The first-order valence-electron chi connectivity index (χ1n) is 4.22. The number of rotatable bonds is 3. The second kappa shape index (κ2) is 4.91. The highest BCUT2D eigenvalue weighted by Crippen LogP contribution is 2.19. The van der Waals surface area contributed by atoms with E-state index in [1.807, 2.05) is 0 Å². The molecular weight excluding hydrogens is 194 g/mol. The molecule has 0 saturated carbocycles. The van der Waals surface area contributed by atoms with Gasteiger partial charge in [-0.05, 0) is 12.1 Å². The Morgan fingerprint density at radius 3 is 2.87 bits per heavy atom. The maximum atomic E-state index is 11.2. The second-order valence-corrected chi connectivity index (χ2v) is 2.78. The maximum absolute atomic E-state index is 11.2. The molecule has 0 aromatic heterocycles. The molecule has 0 aliphatic rings. The number of hydrogen-bond donors (Lipinski definition) is 1. The summed E-state index contributed by atoms with van der Waals surface area (Å²) in [4.78, 5) is 11.2. The number of terminal acetylenes is 1. The van der Waals surface area contributed by atoms with E-state index in [-0.39, 0.29) is 6.61 Å². The summed E-state index contributed by atoms with van der Waals surface area (Å²) < 4.78 is 9.71. The Morgan fingerprint density at radius 2 is 2.27 bits per heavy atom. The lowest BCUT2D eigenvalue weighted by molar-refractivity contribution is 0.0600. The molecule has 78 valence electrons. The zero-order valence-electron chi connectivity index (χ0n) is 8.32. The molecule has 1 rings (SSSR count). The van der Waals surface area contributed by atoms with Gasteiger partial charge in [-0.2, -0.15) is 0 Å². The Hall–Kier alpha value is -2.15. The van der Waals surface area contributed by atoms with Crippen molar-refractivity contribution in [2.24, 2.45) is 0 Å². The van der Waals surface area contributed by atoms with Crippen molar-refractivity contribution in [2.45, 2.75) is 0 Å². The molecule has 0 bridgehead atoms. The van der Waals surface area contributed by atoms with Gasteiger partial charge in [0, 0.05) is 11.8 Å². The average molecular weight is 205 g/mol. The summed E-state index contributed by atoms with van der Waals surface area (Å²) in [6.45, 7) is 0.129. The van der Waals surface area contributed by atoms with Crippen LogP contribution in [0, 0.1) is 12.3 Å². The number of methoxy groups -OCH3 is 1. The molecule has 0 fully saturated rings. The minimum Gasteiger partial charge on any atom is -0.481 e. The fourth-order valence-electron chi connectivity index (χ4n) is 1.07. The smallest absolute Gasteiger partial charge is 0.338 e. The first-order chi connectivity index (χ1) is 7.17. The predicted molar refractivity (Wildman–Crippen MR) is 56.5 cm³/mol. The van der Waals surface area contributed by atoms with Gasteiger partial charge < -0.3 is 15.2 Å². The molecule has 0 atom stereocenters. The van der Waals surface area contributed by atoms with Crippen LogP contribution in [0.2, 0.25) is 0 Å². The quantitative estimate of drug-likeness (QED) is 0.455. The van der Waals surface area contributed by atoms with Crippen molar-refractivity contribution in [2.75, 3.05) is 19.5 Å². The van der Waals surface area contributed by atoms with Crippen LogP contribution in [-0.2, 0) is 4.74 Å². The highest BCUT2D eigenvalue weighted by Gasteiger charge is 2.08. The van der Waals surface area contributed by atoms with Crippen molar-refractivity contribution < 1.29 is 14.3 Å². The Kier molecular flexibility index (Phi) is 3.58. The zero-order chi connectivity index (χ0) is 11.3. The zero-order valence-corrected chi connectivity index (χ0v) is 8.32. The van der Waals surface area contributed by atoms with E-state index in [4.69, 9.17) is 16.9 Å². The van der Waals surface area contributed by atoms with Crippen molar-refractivity contribution in [3.8, 4) is 18.1 Å². The number of esters is 1. The molecule has 4 nitrogen and oxygen atoms in total. The third-order valence-electron chi connectivity index (χ3n) is 1.67. The lowest BCUT2D eigenvalue weighted by Gasteiger charge is -2.06. The van der Waals surface area contributed by atoms with Gasteiger partial charge in [0.25, 0.3) is 0 Å². The lowest BCUT2D eigenvalue weighted by atomic mass is 10.2. The van der Waals surface area contributed by atoms with E-state index < -0.39 is 5.97 Å². The predicted octanol–water partition coefficient (Wildman–Crippen LogP) is 1.07. The summed E-state index contributed by atoms with van der Waals surface area (Å²) in [6.07, 6.45) is 5.04. The van der Waals surface area contributed by atoms with E-state index in [0.29, 0.717) is 17.0 Å². The third kappa shape index (κ3) is 2.92. The van der Waals surface area contributed by atoms with Gasteiger partial charge in [0.2, 0.25) is 0 Å². The van der Waals surface area contributed by atoms with Gasteiger partial charge in [-0.25, -0.2) is 4.79 Å². The molecule has 4 heteroatoms. The SMILES string of the molecule is C#CCOc1cc(N)cc(C(=O)OC)c1. The summed E-state index contributed by atoms with van der Waals surface area (Å²) in [5.74, 6) is 2.31. The molecule has 0 unspecified atom stereocenters. The largest absolute Gasteiger partial charge is 0.481 e. The summed E-state index contributed by atoms with van der Waals surface area (Å²) in [7, 11) is 1.30. The van der Waals surface area contributed by atoms with Crippen LogP contribution in [0.15, 0.2) is 18.2 Å². The van der Waals surface area contributed by atoms with Crippen LogP contribution >= 0.6 is 0 Å². The maximum Gasteiger partial charge on any atom is 0.338 e. The van der Waals surface area contributed by atoms with Gasteiger partial charge in [-0.1, -0.05) is 5.92 Å². The van der Waals surface area contributed by atoms with Crippen molar-refractivity contribution in [3.63, 3.8) is 0 Å². The highest BCUT2D eigenvalue weighted by molar-refractivity contribution is 5.90. The first kappa shape index (κ1) is 10.9. The summed E-state index contributed by atoms with van der Waals surface area (Å²) >= 11 is 0.